The molecule has 0 N–H and O–H groups in total. The zero-order valence-corrected chi connectivity index (χ0v) is 12.7. The van der Waals surface area contributed by atoms with Gasteiger partial charge in [-0.1, -0.05) is 12.1 Å². The highest BCUT2D eigenvalue weighted by atomic mass is 19.4. The summed E-state index contributed by atoms with van der Waals surface area (Å²) in [6, 6.07) is 3.76. The van der Waals surface area contributed by atoms with E-state index in [9.17, 15) is 26.7 Å². The van der Waals surface area contributed by atoms with Gasteiger partial charge in [0.1, 0.15) is 0 Å². The first-order valence-corrected chi connectivity index (χ1v) is 6.97. The number of halogens is 5. The number of aromatic nitrogens is 3. The summed E-state index contributed by atoms with van der Waals surface area (Å²) in [5, 5.41) is 0.183. The van der Waals surface area contributed by atoms with E-state index < -0.39 is 17.7 Å². The molecule has 0 saturated heterocycles. The Labute approximate surface area is 137 Å². The quantitative estimate of drug-likeness (QED) is 0.525. The number of carbonyl (C=O) groups is 1. The molecule has 9 heteroatoms. The second-order valence-corrected chi connectivity index (χ2v) is 5.41. The van der Waals surface area contributed by atoms with Crippen LogP contribution in [-0.4, -0.2) is 27.0 Å². The molecule has 0 aliphatic heterocycles. The standard InChI is InChI=1S/C16H10F5N3O/c1-24-8-22-6-14(24)13-4-9(7-25)11-3-2-10(5-12(11)23-13)15(17,18)16(19,20)21/h2-8H,1H3. The van der Waals surface area contributed by atoms with Gasteiger partial charge in [0.25, 0.3) is 0 Å². The minimum absolute atomic E-state index is 0.128. The number of pyridine rings is 1. The van der Waals surface area contributed by atoms with Crippen molar-refractivity contribution >= 4 is 17.2 Å². The van der Waals surface area contributed by atoms with Crippen LogP contribution in [0.25, 0.3) is 22.3 Å². The van der Waals surface area contributed by atoms with Crippen molar-refractivity contribution in [1.82, 2.24) is 14.5 Å². The molecular formula is C16H10F5N3O. The van der Waals surface area contributed by atoms with Crippen LogP contribution in [-0.2, 0) is 13.0 Å². The molecule has 0 atom stereocenters. The summed E-state index contributed by atoms with van der Waals surface area (Å²) >= 11 is 0. The van der Waals surface area contributed by atoms with Crippen LogP contribution < -0.4 is 0 Å². The lowest BCUT2D eigenvalue weighted by Gasteiger charge is -2.20. The van der Waals surface area contributed by atoms with E-state index >= 15 is 0 Å². The molecule has 0 spiro atoms. The van der Waals surface area contributed by atoms with E-state index in [0.29, 0.717) is 24.1 Å². The summed E-state index contributed by atoms with van der Waals surface area (Å²) in [4.78, 5) is 19.3. The predicted octanol–water partition coefficient (Wildman–Crippen LogP) is 4.10. The van der Waals surface area contributed by atoms with Crippen LogP contribution in [0.15, 0.2) is 36.8 Å². The number of nitrogens with zero attached hydrogens (tertiary/aromatic N) is 3. The Kier molecular flexibility index (Phi) is 3.81. The van der Waals surface area contributed by atoms with E-state index in [1.165, 1.54) is 18.6 Å². The van der Waals surface area contributed by atoms with E-state index in [1.807, 2.05) is 0 Å². The molecule has 0 unspecified atom stereocenters. The van der Waals surface area contributed by atoms with Gasteiger partial charge in [-0.05, 0) is 12.1 Å². The number of rotatable bonds is 3. The normalized spacial score (nSPS) is 12.6. The molecule has 0 bridgehead atoms. The summed E-state index contributed by atoms with van der Waals surface area (Å²) in [7, 11) is 1.66. The van der Waals surface area contributed by atoms with Crippen molar-refractivity contribution in [2.45, 2.75) is 12.1 Å². The first-order valence-electron chi connectivity index (χ1n) is 6.97. The maximum absolute atomic E-state index is 13.6. The highest BCUT2D eigenvalue weighted by Gasteiger charge is 2.58. The predicted molar refractivity (Wildman–Crippen MR) is 79.3 cm³/mol. The molecule has 4 nitrogen and oxygen atoms in total. The van der Waals surface area contributed by atoms with Gasteiger partial charge in [-0.25, -0.2) is 9.97 Å². The van der Waals surface area contributed by atoms with Gasteiger partial charge in [0.15, 0.2) is 6.29 Å². The Morgan fingerprint density at radius 3 is 2.40 bits per heavy atom. The second-order valence-electron chi connectivity index (χ2n) is 5.41. The monoisotopic (exact) mass is 355 g/mol. The molecule has 130 valence electrons. The van der Waals surface area contributed by atoms with Crippen molar-refractivity contribution in [2.24, 2.45) is 7.05 Å². The molecule has 0 fully saturated rings. The van der Waals surface area contributed by atoms with Gasteiger partial charge in [0, 0.05) is 23.6 Å². The van der Waals surface area contributed by atoms with Gasteiger partial charge in [0.05, 0.1) is 29.4 Å². The van der Waals surface area contributed by atoms with Crippen LogP contribution in [0.3, 0.4) is 0 Å². The summed E-state index contributed by atoms with van der Waals surface area (Å²) in [5.41, 5.74) is -0.524. The minimum Gasteiger partial charge on any atom is -0.332 e. The number of aryl methyl sites for hydroxylation is 1. The minimum atomic E-state index is -5.73. The summed E-state index contributed by atoms with van der Waals surface area (Å²) in [6.07, 6.45) is -2.33. The Hall–Kier alpha value is -2.84. The molecular weight excluding hydrogens is 345 g/mol. The average molecular weight is 355 g/mol. The number of hydrogen-bond acceptors (Lipinski definition) is 3. The second kappa shape index (κ2) is 5.61. The zero-order valence-electron chi connectivity index (χ0n) is 12.7. The van der Waals surface area contributed by atoms with Gasteiger partial charge in [-0.2, -0.15) is 22.0 Å². The topological polar surface area (TPSA) is 47.8 Å². The van der Waals surface area contributed by atoms with Gasteiger partial charge in [-0.15, -0.1) is 0 Å². The third kappa shape index (κ3) is 2.75. The fourth-order valence-corrected chi connectivity index (χ4v) is 2.45. The van der Waals surface area contributed by atoms with E-state index in [1.54, 1.807) is 11.6 Å². The van der Waals surface area contributed by atoms with Crippen molar-refractivity contribution in [3.05, 3.63) is 47.9 Å². The first kappa shape index (κ1) is 17.0. The van der Waals surface area contributed by atoms with Crippen molar-refractivity contribution in [1.29, 1.82) is 0 Å². The number of alkyl halides is 5. The van der Waals surface area contributed by atoms with Crippen molar-refractivity contribution in [3.8, 4) is 11.4 Å². The van der Waals surface area contributed by atoms with Crippen molar-refractivity contribution in [3.63, 3.8) is 0 Å². The van der Waals surface area contributed by atoms with Gasteiger partial charge in [0.2, 0.25) is 0 Å². The lowest BCUT2D eigenvalue weighted by molar-refractivity contribution is -0.289. The maximum Gasteiger partial charge on any atom is 0.458 e. The van der Waals surface area contributed by atoms with Crippen LogP contribution in [0.5, 0.6) is 0 Å². The summed E-state index contributed by atoms with van der Waals surface area (Å²) < 4.78 is 66.5. The SMILES string of the molecule is Cn1cncc1-c1cc(C=O)c2ccc(C(F)(F)C(F)(F)F)cc2n1. The van der Waals surface area contributed by atoms with Crippen LogP contribution in [0.2, 0.25) is 0 Å². The van der Waals surface area contributed by atoms with Crippen LogP contribution in [0.1, 0.15) is 15.9 Å². The van der Waals surface area contributed by atoms with Crippen LogP contribution in [0, 0.1) is 0 Å². The first-order chi connectivity index (χ1) is 11.6. The van der Waals surface area contributed by atoms with E-state index in [2.05, 4.69) is 9.97 Å². The highest BCUT2D eigenvalue weighted by Crippen LogP contribution is 2.44. The lowest BCUT2D eigenvalue weighted by atomic mass is 10.0. The number of benzene rings is 1. The molecule has 0 saturated carbocycles. The third-order valence-corrected chi connectivity index (χ3v) is 3.77. The highest BCUT2D eigenvalue weighted by molar-refractivity contribution is 5.98. The maximum atomic E-state index is 13.6. The molecule has 3 rings (SSSR count). The Bertz CT molecular complexity index is 962. The van der Waals surface area contributed by atoms with Gasteiger partial charge >= 0.3 is 12.1 Å². The van der Waals surface area contributed by atoms with Crippen molar-refractivity contribution < 1.29 is 26.7 Å². The summed E-state index contributed by atoms with van der Waals surface area (Å²) in [5.74, 6) is -5.02. The molecule has 1 aromatic carbocycles. The molecule has 3 aromatic rings. The number of imidazole rings is 1. The summed E-state index contributed by atoms with van der Waals surface area (Å²) in [6.45, 7) is 0. The molecule has 0 amide bonds. The Morgan fingerprint density at radius 1 is 1.12 bits per heavy atom. The fourth-order valence-electron chi connectivity index (χ4n) is 2.45. The van der Waals surface area contributed by atoms with Crippen molar-refractivity contribution in [2.75, 3.05) is 0 Å². The van der Waals surface area contributed by atoms with E-state index in [-0.39, 0.29) is 22.2 Å². The molecule has 0 radical (unpaired) electrons. The zero-order chi connectivity index (χ0) is 18.4. The largest absolute Gasteiger partial charge is 0.458 e. The Balaban J connectivity index is 2.25. The van der Waals surface area contributed by atoms with Crippen LogP contribution >= 0.6 is 0 Å². The van der Waals surface area contributed by atoms with Gasteiger partial charge < -0.3 is 4.57 Å². The molecule has 25 heavy (non-hydrogen) atoms. The third-order valence-electron chi connectivity index (χ3n) is 3.77. The Morgan fingerprint density at radius 2 is 1.84 bits per heavy atom. The molecule has 0 aliphatic carbocycles. The molecule has 2 heterocycles. The fraction of sp³-hybridized carbons (Fsp3) is 0.188. The molecule has 2 aromatic heterocycles. The number of hydrogen-bond donors (Lipinski definition) is 0. The van der Waals surface area contributed by atoms with Crippen LogP contribution in [0.4, 0.5) is 22.0 Å². The smallest absolute Gasteiger partial charge is 0.332 e. The van der Waals surface area contributed by atoms with E-state index in [0.717, 1.165) is 6.07 Å². The molecule has 0 aliphatic rings. The average Bonchev–Trinajstić information content (AvgIpc) is 2.98. The number of aldehydes is 1. The number of fused-ring (bicyclic) bond motifs is 1. The van der Waals surface area contributed by atoms with E-state index in [4.69, 9.17) is 0 Å². The number of carbonyl (C=O) groups excluding carboxylic acids is 1. The van der Waals surface area contributed by atoms with Gasteiger partial charge in [-0.3, -0.25) is 4.79 Å². The lowest BCUT2D eigenvalue weighted by Crippen LogP contribution is -2.33.